The second-order valence-electron chi connectivity index (χ2n) is 11.2. The Labute approximate surface area is 240 Å². The largest absolute Gasteiger partial charge is 0.481 e. The number of carboxylic acid groups (broad SMARTS) is 1. The summed E-state index contributed by atoms with van der Waals surface area (Å²) in [6, 6.07) is 25.4. The number of alkyl carbamates (subject to hydrolysis) is 1. The van der Waals surface area contributed by atoms with Crippen LogP contribution in [-0.2, 0) is 20.9 Å². The highest BCUT2D eigenvalue weighted by Crippen LogP contribution is 2.44. The second-order valence-corrected chi connectivity index (χ2v) is 11.2. The van der Waals surface area contributed by atoms with Crippen molar-refractivity contribution in [2.75, 3.05) is 33.3 Å². The maximum Gasteiger partial charge on any atom is 0.407 e. The third-order valence-electron chi connectivity index (χ3n) is 8.26. The molecule has 0 radical (unpaired) electrons. The van der Waals surface area contributed by atoms with E-state index in [0.29, 0.717) is 26.1 Å². The second kappa shape index (κ2) is 12.6. The van der Waals surface area contributed by atoms with Gasteiger partial charge in [-0.15, -0.1) is 0 Å². The molecule has 2 N–H and O–H groups in total. The van der Waals surface area contributed by atoms with Crippen molar-refractivity contribution in [2.45, 2.75) is 31.8 Å². The Balaban J connectivity index is 1.27. The first-order chi connectivity index (χ1) is 19.8. The van der Waals surface area contributed by atoms with Gasteiger partial charge < -0.3 is 20.1 Å². The molecule has 2 amide bonds. The van der Waals surface area contributed by atoms with Gasteiger partial charge in [0.15, 0.2) is 0 Å². The van der Waals surface area contributed by atoms with Crippen LogP contribution in [0.2, 0.25) is 0 Å². The number of nitrogens with zero attached hydrogens (tertiary/aromatic N) is 2. The van der Waals surface area contributed by atoms with Gasteiger partial charge in [0, 0.05) is 32.1 Å². The van der Waals surface area contributed by atoms with Crippen molar-refractivity contribution in [3.63, 3.8) is 0 Å². The number of carboxylic acids is 1. The molecule has 5 rings (SSSR count). The summed E-state index contributed by atoms with van der Waals surface area (Å²) in [5.41, 5.74) is 5.62. The van der Waals surface area contributed by atoms with Crippen molar-refractivity contribution in [3.05, 3.63) is 95.6 Å². The van der Waals surface area contributed by atoms with Gasteiger partial charge in [-0.3, -0.25) is 14.5 Å². The molecule has 1 aliphatic heterocycles. The number of rotatable bonds is 9. The van der Waals surface area contributed by atoms with Gasteiger partial charge in [-0.2, -0.15) is 0 Å². The molecule has 1 aliphatic carbocycles. The normalized spacial score (nSPS) is 18.9. The summed E-state index contributed by atoms with van der Waals surface area (Å²) in [5.74, 6) is -1.80. The summed E-state index contributed by atoms with van der Waals surface area (Å²) >= 11 is 0. The molecule has 2 aliphatic rings. The summed E-state index contributed by atoms with van der Waals surface area (Å²) in [6.07, 6.45) is -0.258. The van der Waals surface area contributed by atoms with Crippen LogP contribution in [0.4, 0.5) is 4.79 Å². The van der Waals surface area contributed by atoms with Gasteiger partial charge in [0.2, 0.25) is 5.91 Å². The van der Waals surface area contributed by atoms with Crippen molar-refractivity contribution >= 4 is 18.0 Å². The van der Waals surface area contributed by atoms with Crippen LogP contribution in [0.5, 0.6) is 0 Å². The molecular formula is C33H37N3O5. The Morgan fingerprint density at radius 3 is 2.20 bits per heavy atom. The van der Waals surface area contributed by atoms with E-state index in [4.69, 9.17) is 4.74 Å². The van der Waals surface area contributed by atoms with Crippen LogP contribution in [0.1, 0.15) is 36.0 Å². The smallest absolute Gasteiger partial charge is 0.407 e. The average Bonchev–Trinajstić information content (AvgIpc) is 3.29. The quantitative estimate of drug-likeness (QED) is 0.401. The van der Waals surface area contributed by atoms with E-state index in [0.717, 1.165) is 27.8 Å². The van der Waals surface area contributed by atoms with Gasteiger partial charge in [-0.05, 0) is 47.2 Å². The van der Waals surface area contributed by atoms with Crippen LogP contribution in [0.15, 0.2) is 78.9 Å². The summed E-state index contributed by atoms with van der Waals surface area (Å²) in [7, 11) is 1.91. The molecule has 8 nitrogen and oxygen atoms in total. The number of fused-ring (bicyclic) bond motifs is 3. The van der Waals surface area contributed by atoms with Gasteiger partial charge >= 0.3 is 12.1 Å². The lowest BCUT2D eigenvalue weighted by Crippen LogP contribution is -2.56. The van der Waals surface area contributed by atoms with Crippen LogP contribution in [0.25, 0.3) is 11.1 Å². The molecule has 0 spiro atoms. The van der Waals surface area contributed by atoms with E-state index in [9.17, 15) is 19.5 Å². The summed E-state index contributed by atoms with van der Waals surface area (Å²) in [6.45, 7) is 3.57. The molecule has 3 aromatic carbocycles. The third-order valence-corrected chi connectivity index (χ3v) is 8.26. The Hall–Kier alpha value is -4.17. The van der Waals surface area contributed by atoms with Crippen LogP contribution >= 0.6 is 0 Å². The lowest BCUT2D eigenvalue weighted by Gasteiger charge is -2.37. The standard InChI is InChI=1S/C33H37N3O5/c1-22-18-36(17-16-24(22)32(38)39)31(37)30(20-35(2)19-23-10-4-3-5-11-23)34-33(40)41-21-29-27-14-8-6-12-25(27)26-13-7-9-15-28(26)29/h3-15,22,24,29-30H,16-21H2,1-2H3,(H,34,40)(H,38,39). The topological polar surface area (TPSA) is 99.2 Å². The minimum atomic E-state index is -0.840. The number of carbonyl (C=O) groups excluding carboxylic acids is 2. The Bertz CT molecular complexity index is 1350. The average molecular weight is 556 g/mol. The number of carbonyl (C=O) groups is 3. The van der Waals surface area contributed by atoms with E-state index < -0.39 is 24.0 Å². The first-order valence-electron chi connectivity index (χ1n) is 14.2. The van der Waals surface area contributed by atoms with E-state index in [1.807, 2.05) is 73.5 Å². The number of piperidine rings is 1. The third kappa shape index (κ3) is 6.43. The molecule has 1 saturated heterocycles. The van der Waals surface area contributed by atoms with Gasteiger partial charge in [-0.25, -0.2) is 4.79 Å². The fraction of sp³-hybridized carbons (Fsp3) is 0.364. The number of hydrogen-bond donors (Lipinski definition) is 2. The first kappa shape index (κ1) is 28.4. The van der Waals surface area contributed by atoms with Crippen molar-refractivity contribution in [3.8, 4) is 11.1 Å². The highest BCUT2D eigenvalue weighted by molar-refractivity contribution is 5.86. The molecule has 0 aromatic heterocycles. The maximum atomic E-state index is 13.7. The Kier molecular flexibility index (Phi) is 8.69. The zero-order valence-corrected chi connectivity index (χ0v) is 23.5. The van der Waals surface area contributed by atoms with E-state index in [2.05, 4.69) is 29.6 Å². The zero-order chi connectivity index (χ0) is 28.9. The number of likely N-dealkylation sites (tertiary alicyclic amines) is 1. The van der Waals surface area contributed by atoms with Gasteiger partial charge in [0.05, 0.1) is 5.92 Å². The molecule has 8 heteroatoms. The Morgan fingerprint density at radius 1 is 0.976 bits per heavy atom. The van der Waals surface area contributed by atoms with E-state index in [1.165, 1.54) is 0 Å². The van der Waals surface area contributed by atoms with Crippen molar-refractivity contribution in [1.29, 1.82) is 0 Å². The highest BCUT2D eigenvalue weighted by Gasteiger charge is 2.36. The van der Waals surface area contributed by atoms with Crippen molar-refractivity contribution < 1.29 is 24.2 Å². The Morgan fingerprint density at radius 2 is 1.59 bits per heavy atom. The number of ether oxygens (including phenoxy) is 1. The van der Waals surface area contributed by atoms with E-state index in [1.54, 1.807) is 4.90 Å². The molecule has 41 heavy (non-hydrogen) atoms. The maximum absolute atomic E-state index is 13.7. The fourth-order valence-corrected chi connectivity index (χ4v) is 6.17. The lowest BCUT2D eigenvalue weighted by atomic mass is 9.87. The van der Waals surface area contributed by atoms with Crippen molar-refractivity contribution in [1.82, 2.24) is 15.1 Å². The molecule has 3 aromatic rings. The first-order valence-corrected chi connectivity index (χ1v) is 14.2. The minimum Gasteiger partial charge on any atom is -0.481 e. The number of hydrogen-bond acceptors (Lipinski definition) is 5. The van der Waals surface area contributed by atoms with Crippen LogP contribution < -0.4 is 5.32 Å². The molecule has 0 saturated carbocycles. The molecule has 3 unspecified atom stereocenters. The summed E-state index contributed by atoms with van der Waals surface area (Å²) in [4.78, 5) is 42.1. The van der Waals surface area contributed by atoms with Crippen LogP contribution in [0, 0.1) is 11.8 Å². The van der Waals surface area contributed by atoms with Crippen molar-refractivity contribution in [2.24, 2.45) is 11.8 Å². The van der Waals surface area contributed by atoms with Gasteiger partial charge in [-0.1, -0.05) is 85.8 Å². The minimum absolute atomic E-state index is 0.0843. The lowest BCUT2D eigenvalue weighted by molar-refractivity contribution is -0.149. The van der Waals surface area contributed by atoms with Crippen LogP contribution in [-0.4, -0.2) is 72.2 Å². The number of likely N-dealkylation sites (N-methyl/N-ethyl adjacent to an activating group) is 1. The SMILES string of the molecule is CC1CN(C(=O)C(CN(C)Cc2ccccc2)NC(=O)OCC2c3ccccc3-c3ccccc32)CCC1C(=O)O. The summed E-state index contributed by atoms with van der Waals surface area (Å²) < 4.78 is 5.76. The summed E-state index contributed by atoms with van der Waals surface area (Å²) in [5, 5.41) is 12.3. The number of aliphatic carboxylic acids is 1. The molecule has 1 heterocycles. The number of benzene rings is 3. The molecular weight excluding hydrogens is 518 g/mol. The van der Waals surface area contributed by atoms with Gasteiger partial charge in [0.25, 0.3) is 0 Å². The molecule has 1 fully saturated rings. The van der Waals surface area contributed by atoms with E-state index in [-0.39, 0.29) is 30.9 Å². The monoisotopic (exact) mass is 555 g/mol. The highest BCUT2D eigenvalue weighted by atomic mass is 16.5. The van der Waals surface area contributed by atoms with Crippen LogP contribution in [0.3, 0.4) is 0 Å². The number of nitrogens with one attached hydrogen (secondary N) is 1. The number of amides is 2. The predicted octanol–water partition coefficient (Wildman–Crippen LogP) is 4.59. The van der Waals surface area contributed by atoms with Gasteiger partial charge in [0.1, 0.15) is 12.6 Å². The zero-order valence-electron chi connectivity index (χ0n) is 23.5. The molecule has 3 atom stereocenters. The molecule has 214 valence electrons. The molecule has 0 bridgehead atoms. The predicted molar refractivity (Wildman–Crippen MR) is 156 cm³/mol. The van der Waals surface area contributed by atoms with E-state index >= 15 is 0 Å². The fourth-order valence-electron chi connectivity index (χ4n) is 6.17.